The topological polar surface area (TPSA) is 89.9 Å². The van der Waals surface area contributed by atoms with E-state index in [0.29, 0.717) is 28.7 Å². The molecule has 0 atom stereocenters. The Morgan fingerprint density at radius 2 is 1.88 bits per heavy atom. The van der Waals surface area contributed by atoms with E-state index in [1.54, 1.807) is 24.3 Å². The van der Waals surface area contributed by atoms with Crippen LogP contribution in [0.2, 0.25) is 0 Å². The molecule has 9 heteroatoms. The van der Waals surface area contributed by atoms with Crippen LogP contribution >= 0.6 is 0 Å². The molecule has 33 heavy (non-hydrogen) atoms. The lowest BCUT2D eigenvalue weighted by molar-refractivity contribution is -0.286. The summed E-state index contributed by atoms with van der Waals surface area (Å²) in [6, 6.07) is 14.4. The number of aryl methyl sites for hydroxylation is 1. The van der Waals surface area contributed by atoms with Crippen LogP contribution in [-0.2, 0) is 0 Å². The van der Waals surface area contributed by atoms with Crippen molar-refractivity contribution in [3.05, 3.63) is 77.2 Å². The van der Waals surface area contributed by atoms with Crippen molar-refractivity contribution in [1.82, 2.24) is 4.98 Å². The van der Waals surface area contributed by atoms with Gasteiger partial charge in [0, 0.05) is 11.6 Å². The van der Waals surface area contributed by atoms with Crippen LogP contribution in [0.3, 0.4) is 0 Å². The lowest BCUT2D eigenvalue weighted by Gasteiger charge is -2.14. The number of aromatic nitrogens is 1. The van der Waals surface area contributed by atoms with E-state index in [-0.39, 0.29) is 17.1 Å². The van der Waals surface area contributed by atoms with E-state index in [1.807, 2.05) is 13.0 Å². The average Bonchev–Trinajstić information content (AvgIpc) is 3.57. The fourth-order valence-corrected chi connectivity index (χ4v) is 3.39. The summed E-state index contributed by atoms with van der Waals surface area (Å²) in [6.45, 7) is 1.89. The van der Waals surface area contributed by atoms with Crippen LogP contribution in [0.25, 0.3) is 11.3 Å². The van der Waals surface area contributed by atoms with Crippen molar-refractivity contribution in [1.29, 1.82) is 0 Å². The second kappa shape index (κ2) is 7.77. The van der Waals surface area contributed by atoms with Gasteiger partial charge >= 0.3 is 12.3 Å². The van der Waals surface area contributed by atoms with Crippen molar-refractivity contribution in [2.75, 3.05) is 5.32 Å². The quantitative estimate of drug-likeness (QED) is 0.473. The Hall–Kier alpha value is -4.14. The van der Waals surface area contributed by atoms with Crippen LogP contribution in [0.5, 0.6) is 17.2 Å². The number of hydrogen-bond acceptors (Lipinski definition) is 6. The minimum Gasteiger partial charge on any atom is -0.478 e. The Balaban J connectivity index is 1.40. The maximum atomic E-state index is 13.3. The third kappa shape index (κ3) is 4.43. The molecule has 168 valence electrons. The smallest absolute Gasteiger partial charge is 0.478 e. The van der Waals surface area contributed by atoms with E-state index in [9.17, 15) is 18.7 Å². The molecule has 1 saturated carbocycles. The highest BCUT2D eigenvalue weighted by molar-refractivity contribution is 5.89. The summed E-state index contributed by atoms with van der Waals surface area (Å²) in [5.41, 5.74) is 3.38. The first-order valence-corrected chi connectivity index (χ1v) is 10.2. The molecule has 7 nitrogen and oxygen atoms in total. The highest BCUT2D eigenvalue weighted by Gasteiger charge is 2.43. The Bertz CT molecular complexity index is 1300. The molecule has 2 heterocycles. The van der Waals surface area contributed by atoms with Crippen LogP contribution in [0.1, 0.15) is 28.8 Å². The zero-order valence-electron chi connectivity index (χ0n) is 17.4. The molecule has 0 saturated heterocycles. The van der Waals surface area contributed by atoms with Crippen molar-refractivity contribution in [3.8, 4) is 28.5 Å². The summed E-state index contributed by atoms with van der Waals surface area (Å²) in [5, 5.41) is 12.4. The molecule has 0 bridgehead atoms. The third-order valence-electron chi connectivity index (χ3n) is 5.14. The predicted octanol–water partition coefficient (Wildman–Crippen LogP) is 5.57. The van der Waals surface area contributed by atoms with Gasteiger partial charge in [0.2, 0.25) is 0 Å². The molecule has 0 spiro atoms. The van der Waals surface area contributed by atoms with Crippen molar-refractivity contribution < 1.29 is 32.9 Å². The Kier molecular flexibility index (Phi) is 4.88. The molecule has 3 aromatic rings. The number of pyridine rings is 1. The van der Waals surface area contributed by atoms with Gasteiger partial charge in [-0.1, -0.05) is 18.2 Å². The molecular formula is C24H18F2N2O5. The molecular weight excluding hydrogens is 434 g/mol. The van der Waals surface area contributed by atoms with Gasteiger partial charge in [-0.2, -0.15) is 0 Å². The molecule has 1 aromatic heterocycles. The average molecular weight is 452 g/mol. The Morgan fingerprint density at radius 1 is 1.09 bits per heavy atom. The number of aromatic carboxylic acids is 1. The van der Waals surface area contributed by atoms with Gasteiger partial charge in [0.1, 0.15) is 11.6 Å². The third-order valence-corrected chi connectivity index (χ3v) is 5.14. The molecule has 2 aliphatic rings. The fraction of sp³-hybridized carbons (Fsp3) is 0.167. The first-order valence-electron chi connectivity index (χ1n) is 10.2. The van der Waals surface area contributed by atoms with Gasteiger partial charge in [0.15, 0.2) is 17.4 Å². The number of hydrogen-bond donors (Lipinski definition) is 2. The second-order valence-electron chi connectivity index (χ2n) is 7.68. The second-order valence-corrected chi connectivity index (χ2v) is 7.68. The van der Waals surface area contributed by atoms with Gasteiger partial charge in [-0.25, -0.2) is 9.78 Å². The highest BCUT2D eigenvalue weighted by Crippen LogP contribution is 2.43. The molecule has 0 unspecified atom stereocenters. The normalized spacial score (nSPS) is 15.2. The fourth-order valence-electron chi connectivity index (χ4n) is 3.39. The summed E-state index contributed by atoms with van der Waals surface area (Å²) >= 11 is 0. The van der Waals surface area contributed by atoms with Crippen LogP contribution in [0.15, 0.2) is 66.1 Å². The molecule has 2 aromatic carbocycles. The van der Waals surface area contributed by atoms with Gasteiger partial charge in [-0.15, -0.1) is 8.78 Å². The van der Waals surface area contributed by atoms with E-state index >= 15 is 0 Å². The maximum absolute atomic E-state index is 13.3. The zero-order chi connectivity index (χ0) is 23.2. The molecule has 2 N–H and O–H groups in total. The summed E-state index contributed by atoms with van der Waals surface area (Å²) in [5.74, 6) is 0.0826. The number of carbonyl (C=O) groups is 1. The number of carboxylic acids is 1. The molecule has 1 aliphatic heterocycles. The van der Waals surface area contributed by atoms with E-state index in [2.05, 4.69) is 19.8 Å². The summed E-state index contributed by atoms with van der Waals surface area (Å²) in [7, 11) is 0. The number of anilines is 1. The summed E-state index contributed by atoms with van der Waals surface area (Å²) in [4.78, 5) is 16.0. The van der Waals surface area contributed by atoms with Gasteiger partial charge in [0.25, 0.3) is 0 Å². The largest absolute Gasteiger partial charge is 0.586 e. The van der Waals surface area contributed by atoms with Gasteiger partial charge in [-0.3, -0.25) is 0 Å². The number of fused-ring (bicyclic) bond motifs is 1. The number of benzene rings is 2. The molecule has 1 fully saturated rings. The van der Waals surface area contributed by atoms with Crippen molar-refractivity contribution in [2.24, 2.45) is 0 Å². The molecule has 1 aliphatic carbocycles. The highest BCUT2D eigenvalue weighted by atomic mass is 19.3. The first-order chi connectivity index (χ1) is 15.8. The van der Waals surface area contributed by atoms with Crippen LogP contribution < -0.4 is 19.5 Å². The van der Waals surface area contributed by atoms with Crippen molar-refractivity contribution in [3.63, 3.8) is 0 Å². The van der Waals surface area contributed by atoms with Crippen LogP contribution in [0.4, 0.5) is 14.6 Å². The SMILES string of the molecule is Cc1ccc(NC(Oc2ccc3c(c2)OC(F)(F)O3)=C2CC2)nc1-c1cccc(C(=O)O)c1. The van der Waals surface area contributed by atoms with Crippen LogP contribution in [0, 0.1) is 6.92 Å². The maximum Gasteiger partial charge on any atom is 0.586 e. The lowest BCUT2D eigenvalue weighted by Crippen LogP contribution is -2.25. The Labute approximate surface area is 187 Å². The van der Waals surface area contributed by atoms with Crippen LogP contribution in [-0.4, -0.2) is 22.4 Å². The number of carboxylic acid groups (broad SMARTS) is 1. The summed E-state index contributed by atoms with van der Waals surface area (Å²) < 4.78 is 41.4. The number of ether oxygens (including phenoxy) is 3. The number of allylic oxidation sites excluding steroid dienone is 1. The number of halogens is 2. The minimum atomic E-state index is -3.70. The van der Waals surface area contributed by atoms with Crippen molar-refractivity contribution in [2.45, 2.75) is 26.1 Å². The van der Waals surface area contributed by atoms with Gasteiger partial charge in [0.05, 0.1) is 11.3 Å². The Morgan fingerprint density at radius 3 is 2.64 bits per heavy atom. The van der Waals surface area contributed by atoms with E-state index in [1.165, 1.54) is 24.3 Å². The molecule has 5 rings (SSSR count). The van der Waals surface area contributed by atoms with Gasteiger partial charge in [-0.05, 0) is 61.2 Å². The lowest BCUT2D eigenvalue weighted by atomic mass is 10.0. The predicted molar refractivity (Wildman–Crippen MR) is 115 cm³/mol. The van der Waals surface area contributed by atoms with E-state index < -0.39 is 12.3 Å². The van der Waals surface area contributed by atoms with Crippen molar-refractivity contribution >= 4 is 11.8 Å². The van der Waals surface area contributed by atoms with E-state index in [4.69, 9.17) is 4.74 Å². The van der Waals surface area contributed by atoms with E-state index in [0.717, 1.165) is 24.0 Å². The zero-order valence-corrected chi connectivity index (χ0v) is 17.4. The summed E-state index contributed by atoms with van der Waals surface area (Å²) in [6.07, 6.45) is -2.02. The monoisotopic (exact) mass is 452 g/mol. The first kappa shape index (κ1) is 20.7. The number of nitrogens with zero attached hydrogens (tertiary/aromatic N) is 1. The number of nitrogens with one attached hydrogen (secondary N) is 1. The van der Waals surface area contributed by atoms with Gasteiger partial charge < -0.3 is 24.6 Å². The minimum absolute atomic E-state index is 0.0608. The standard InChI is InChI=1S/C24H18F2N2O5/c1-13-5-10-20(27-21(13)15-3-2-4-16(11-15)23(29)30)28-22(14-6-7-14)31-17-8-9-18-19(12-17)33-24(25,26)32-18/h2-5,8-12H,6-7H2,1H3,(H,27,28)(H,29,30). The molecule has 0 radical (unpaired) electrons. The molecule has 0 amide bonds. The number of rotatable bonds is 6. The number of alkyl halides is 2.